The van der Waals surface area contributed by atoms with Crippen molar-refractivity contribution in [2.45, 2.75) is 39.3 Å². The number of carbonyl (C=O) groups excluding carboxylic acids is 1. The number of anilines is 1. The molecule has 1 unspecified atom stereocenters. The molecule has 1 atom stereocenters. The summed E-state index contributed by atoms with van der Waals surface area (Å²) in [6.45, 7) is 9.83. The first-order chi connectivity index (χ1) is 10.8. The second-order valence-electron chi connectivity index (χ2n) is 6.98. The fraction of sp³-hybridized carbons (Fsp3) is 0.529. The molecule has 0 aliphatic carbocycles. The molecule has 1 fully saturated rings. The van der Waals surface area contributed by atoms with Gasteiger partial charge in [-0.2, -0.15) is 0 Å². The van der Waals surface area contributed by atoms with Crippen molar-refractivity contribution in [3.05, 3.63) is 30.1 Å². The number of rotatable bonds is 2. The van der Waals surface area contributed by atoms with Crippen molar-refractivity contribution in [1.29, 1.82) is 0 Å². The lowest BCUT2D eigenvalue weighted by molar-refractivity contribution is -0.157. The fourth-order valence-electron chi connectivity index (χ4n) is 2.86. The molecule has 3 rings (SSSR count). The van der Waals surface area contributed by atoms with E-state index in [1.165, 1.54) is 0 Å². The van der Waals surface area contributed by atoms with Crippen LogP contribution in [-0.4, -0.2) is 46.6 Å². The molecule has 0 amide bonds. The average Bonchev–Trinajstić information content (AvgIpc) is 2.85. The molecule has 0 bridgehead atoms. The highest BCUT2D eigenvalue weighted by Gasteiger charge is 2.30. The Morgan fingerprint density at radius 3 is 2.91 bits per heavy atom. The van der Waals surface area contributed by atoms with Gasteiger partial charge in [0.05, 0.1) is 5.69 Å². The van der Waals surface area contributed by atoms with Crippen LogP contribution < -0.4 is 10.2 Å². The highest BCUT2D eigenvalue weighted by atomic mass is 16.6. The molecule has 6 heteroatoms. The van der Waals surface area contributed by atoms with Gasteiger partial charge in [-0.3, -0.25) is 9.20 Å². The van der Waals surface area contributed by atoms with Crippen LogP contribution in [0.15, 0.2) is 24.4 Å². The first-order valence-corrected chi connectivity index (χ1v) is 7.99. The Balaban J connectivity index is 1.81. The number of nitrogens with one attached hydrogen (secondary N) is 1. The number of carbonyl (C=O) groups is 1. The molecular formula is C17H24N4O2. The molecule has 2 aromatic heterocycles. The van der Waals surface area contributed by atoms with Gasteiger partial charge in [-0.25, -0.2) is 4.98 Å². The van der Waals surface area contributed by atoms with Gasteiger partial charge in [0.2, 0.25) is 0 Å². The van der Waals surface area contributed by atoms with Gasteiger partial charge in [0, 0.05) is 25.8 Å². The third-order valence-corrected chi connectivity index (χ3v) is 3.78. The summed E-state index contributed by atoms with van der Waals surface area (Å²) in [5.74, 6) is 0.856. The number of fused-ring (bicyclic) bond motifs is 1. The smallest absolute Gasteiger partial charge is 0.325 e. The minimum atomic E-state index is -0.470. The zero-order chi connectivity index (χ0) is 16.6. The van der Waals surface area contributed by atoms with Crippen LogP contribution in [0.1, 0.15) is 26.5 Å². The number of nitrogens with zero attached hydrogens (tertiary/aromatic N) is 3. The quantitative estimate of drug-likeness (QED) is 0.856. The third kappa shape index (κ3) is 3.47. The van der Waals surface area contributed by atoms with Gasteiger partial charge >= 0.3 is 5.97 Å². The molecule has 0 spiro atoms. The van der Waals surface area contributed by atoms with E-state index < -0.39 is 5.60 Å². The second-order valence-corrected chi connectivity index (χ2v) is 6.98. The molecular weight excluding hydrogens is 292 g/mol. The summed E-state index contributed by atoms with van der Waals surface area (Å²) in [6.07, 6.45) is 2.02. The van der Waals surface area contributed by atoms with Crippen LogP contribution in [0.2, 0.25) is 0 Å². The van der Waals surface area contributed by atoms with Gasteiger partial charge in [-0.15, -0.1) is 0 Å². The standard InChI is InChI=1S/C17H24N4O2/c1-12-10-21-14(19-12)6-5-7-15(21)20-9-8-18-13(11-20)16(22)23-17(2,3)4/h5-7,10,13,18H,8-9,11H2,1-4H3. The normalized spacial score (nSPS) is 19.1. The first kappa shape index (κ1) is 15.8. The SMILES string of the molecule is Cc1cn2c(N3CCNC(C(=O)OC(C)(C)C)C3)cccc2n1. The number of esters is 1. The summed E-state index contributed by atoms with van der Waals surface area (Å²) in [4.78, 5) is 19.0. The van der Waals surface area contributed by atoms with Crippen LogP contribution in [0.4, 0.5) is 5.82 Å². The maximum atomic E-state index is 12.3. The Kier molecular flexibility index (Phi) is 4.02. The van der Waals surface area contributed by atoms with Gasteiger partial charge in [-0.05, 0) is 39.8 Å². The number of hydrogen-bond acceptors (Lipinski definition) is 5. The van der Waals surface area contributed by atoms with Gasteiger partial charge in [-0.1, -0.05) is 6.07 Å². The second kappa shape index (κ2) is 5.85. The molecule has 0 saturated carbocycles. The molecule has 0 radical (unpaired) electrons. The predicted molar refractivity (Wildman–Crippen MR) is 89.8 cm³/mol. The summed E-state index contributed by atoms with van der Waals surface area (Å²) >= 11 is 0. The molecule has 124 valence electrons. The monoisotopic (exact) mass is 316 g/mol. The molecule has 1 aliphatic heterocycles. The van der Waals surface area contributed by atoms with E-state index in [2.05, 4.69) is 25.7 Å². The van der Waals surface area contributed by atoms with Crippen LogP contribution in [-0.2, 0) is 9.53 Å². The molecule has 0 aromatic carbocycles. The van der Waals surface area contributed by atoms with Crippen molar-refractivity contribution in [2.75, 3.05) is 24.5 Å². The fourth-order valence-corrected chi connectivity index (χ4v) is 2.86. The lowest BCUT2D eigenvalue weighted by Gasteiger charge is -2.35. The van der Waals surface area contributed by atoms with E-state index in [0.29, 0.717) is 6.54 Å². The summed E-state index contributed by atoms with van der Waals surface area (Å²) in [7, 11) is 0. The van der Waals surface area contributed by atoms with Crippen molar-refractivity contribution in [3.63, 3.8) is 0 Å². The van der Waals surface area contributed by atoms with Crippen molar-refractivity contribution >= 4 is 17.4 Å². The van der Waals surface area contributed by atoms with Crippen LogP contribution in [0.3, 0.4) is 0 Å². The highest BCUT2D eigenvalue weighted by Crippen LogP contribution is 2.20. The molecule has 23 heavy (non-hydrogen) atoms. The van der Waals surface area contributed by atoms with Gasteiger partial charge < -0.3 is 15.0 Å². The van der Waals surface area contributed by atoms with E-state index in [0.717, 1.165) is 30.2 Å². The largest absolute Gasteiger partial charge is 0.459 e. The molecule has 2 aromatic rings. The minimum absolute atomic E-state index is 0.198. The van der Waals surface area contributed by atoms with Gasteiger partial charge in [0.15, 0.2) is 0 Å². The first-order valence-electron chi connectivity index (χ1n) is 7.99. The number of pyridine rings is 1. The van der Waals surface area contributed by atoms with E-state index in [-0.39, 0.29) is 12.0 Å². The Bertz CT molecular complexity index is 717. The Morgan fingerprint density at radius 2 is 2.17 bits per heavy atom. The zero-order valence-electron chi connectivity index (χ0n) is 14.2. The molecule has 6 nitrogen and oxygen atoms in total. The van der Waals surface area contributed by atoms with Crippen LogP contribution in [0, 0.1) is 6.92 Å². The maximum absolute atomic E-state index is 12.3. The van der Waals surface area contributed by atoms with Crippen molar-refractivity contribution < 1.29 is 9.53 Å². The minimum Gasteiger partial charge on any atom is -0.459 e. The zero-order valence-corrected chi connectivity index (χ0v) is 14.2. The summed E-state index contributed by atoms with van der Waals surface area (Å²) in [5.41, 5.74) is 1.44. The Hall–Kier alpha value is -2.08. The van der Waals surface area contributed by atoms with Gasteiger partial charge in [0.1, 0.15) is 23.1 Å². The summed E-state index contributed by atoms with van der Waals surface area (Å²) < 4.78 is 7.58. The number of piperazine rings is 1. The number of imidazole rings is 1. The van der Waals surface area contributed by atoms with Crippen molar-refractivity contribution in [2.24, 2.45) is 0 Å². The van der Waals surface area contributed by atoms with E-state index in [4.69, 9.17) is 4.74 Å². The van der Waals surface area contributed by atoms with E-state index in [9.17, 15) is 4.79 Å². The number of ether oxygens (including phenoxy) is 1. The predicted octanol–water partition coefficient (Wildman–Crippen LogP) is 1.76. The molecule has 1 aliphatic rings. The van der Waals surface area contributed by atoms with Crippen molar-refractivity contribution in [1.82, 2.24) is 14.7 Å². The van der Waals surface area contributed by atoms with Crippen LogP contribution in [0.5, 0.6) is 0 Å². The average molecular weight is 316 g/mol. The molecule has 3 heterocycles. The lowest BCUT2D eigenvalue weighted by Crippen LogP contribution is -2.56. The summed E-state index contributed by atoms with van der Waals surface area (Å²) in [6, 6.07) is 5.74. The maximum Gasteiger partial charge on any atom is 0.325 e. The van der Waals surface area contributed by atoms with E-state index >= 15 is 0 Å². The van der Waals surface area contributed by atoms with Gasteiger partial charge in [0.25, 0.3) is 0 Å². The Morgan fingerprint density at radius 1 is 1.39 bits per heavy atom. The third-order valence-electron chi connectivity index (χ3n) is 3.78. The topological polar surface area (TPSA) is 58.9 Å². The molecule has 1 N–H and O–H groups in total. The Labute approximate surface area is 136 Å². The van der Waals surface area contributed by atoms with E-state index in [1.54, 1.807) is 0 Å². The summed E-state index contributed by atoms with van der Waals surface area (Å²) in [5, 5.41) is 3.25. The number of aryl methyl sites for hydroxylation is 1. The lowest BCUT2D eigenvalue weighted by atomic mass is 10.1. The number of hydrogen-bond donors (Lipinski definition) is 1. The molecule has 1 saturated heterocycles. The highest BCUT2D eigenvalue weighted by molar-refractivity contribution is 5.77. The van der Waals surface area contributed by atoms with Crippen molar-refractivity contribution in [3.8, 4) is 0 Å². The van der Waals surface area contributed by atoms with Crippen LogP contribution >= 0.6 is 0 Å². The van der Waals surface area contributed by atoms with Crippen LogP contribution in [0.25, 0.3) is 5.65 Å². The van der Waals surface area contributed by atoms with E-state index in [1.807, 2.05) is 46.0 Å². The number of aromatic nitrogens is 2.